The molecule has 17 heavy (non-hydrogen) atoms. The summed E-state index contributed by atoms with van der Waals surface area (Å²) in [5.74, 6) is -0.186. The van der Waals surface area contributed by atoms with Gasteiger partial charge in [-0.15, -0.1) is 6.58 Å². The van der Waals surface area contributed by atoms with E-state index in [2.05, 4.69) is 6.58 Å². The van der Waals surface area contributed by atoms with Crippen LogP contribution in [-0.4, -0.2) is 0 Å². The third kappa shape index (κ3) is 4.70. The molecule has 0 saturated carbocycles. The monoisotopic (exact) mass is 235 g/mol. The molecule has 1 atom stereocenters. The predicted octanol–water partition coefficient (Wildman–Crippen LogP) is 4.27. The van der Waals surface area contributed by atoms with Crippen molar-refractivity contribution < 1.29 is 4.39 Å². The minimum absolute atomic E-state index is 0.182. The molecule has 0 aromatic heterocycles. The molecule has 0 aliphatic rings. The van der Waals surface area contributed by atoms with E-state index in [1.807, 2.05) is 19.1 Å². The first kappa shape index (κ1) is 13.9. The van der Waals surface area contributed by atoms with Gasteiger partial charge in [0.15, 0.2) is 0 Å². The number of halogens is 1. The molecule has 2 heteroatoms. The van der Waals surface area contributed by atoms with Gasteiger partial charge in [0.25, 0.3) is 0 Å². The van der Waals surface area contributed by atoms with Gasteiger partial charge in [-0.05, 0) is 32.3 Å². The largest absolute Gasteiger partial charge is 0.324 e. The van der Waals surface area contributed by atoms with Crippen LogP contribution in [0.2, 0.25) is 0 Å². The maximum atomic E-state index is 13.6. The molecule has 0 fully saturated rings. The summed E-state index contributed by atoms with van der Waals surface area (Å²) in [4.78, 5) is 0. The first-order valence-electron chi connectivity index (χ1n) is 6.27. The summed E-state index contributed by atoms with van der Waals surface area (Å²) in [5.41, 5.74) is 7.73. The molecule has 0 spiro atoms. The zero-order valence-corrected chi connectivity index (χ0v) is 10.6. The Balaban J connectivity index is 2.43. The number of benzene rings is 1. The van der Waals surface area contributed by atoms with Crippen molar-refractivity contribution in [3.8, 4) is 0 Å². The Labute approximate surface area is 104 Å². The molecule has 0 aliphatic carbocycles. The number of nitrogens with two attached hydrogens (primary N) is 1. The van der Waals surface area contributed by atoms with Gasteiger partial charge in [0.05, 0.1) is 0 Å². The molecule has 0 radical (unpaired) electrons. The lowest BCUT2D eigenvalue weighted by atomic mass is 9.99. The van der Waals surface area contributed by atoms with Crippen molar-refractivity contribution in [3.05, 3.63) is 47.8 Å². The molecule has 0 heterocycles. The zero-order chi connectivity index (χ0) is 12.7. The topological polar surface area (TPSA) is 26.0 Å². The molecule has 1 nitrogen and oxygen atoms in total. The number of hydrogen-bond donors (Lipinski definition) is 1. The van der Waals surface area contributed by atoms with Crippen molar-refractivity contribution in [3.63, 3.8) is 0 Å². The summed E-state index contributed by atoms with van der Waals surface area (Å²) >= 11 is 0. The molecule has 0 aliphatic heterocycles. The first-order valence-corrected chi connectivity index (χ1v) is 6.27. The number of aryl methyl sites for hydroxylation is 1. The van der Waals surface area contributed by atoms with Gasteiger partial charge < -0.3 is 5.73 Å². The van der Waals surface area contributed by atoms with Crippen LogP contribution in [0.5, 0.6) is 0 Å². The van der Waals surface area contributed by atoms with Crippen LogP contribution >= 0.6 is 0 Å². The minimum Gasteiger partial charge on any atom is -0.324 e. The lowest BCUT2D eigenvalue weighted by Gasteiger charge is -2.13. The van der Waals surface area contributed by atoms with E-state index >= 15 is 0 Å². The normalized spacial score (nSPS) is 12.4. The average Bonchev–Trinajstić information content (AvgIpc) is 2.32. The summed E-state index contributed by atoms with van der Waals surface area (Å²) < 4.78 is 13.6. The van der Waals surface area contributed by atoms with Crippen LogP contribution < -0.4 is 5.73 Å². The fourth-order valence-electron chi connectivity index (χ4n) is 1.93. The fourth-order valence-corrected chi connectivity index (χ4v) is 1.93. The van der Waals surface area contributed by atoms with Crippen LogP contribution in [0, 0.1) is 12.7 Å². The van der Waals surface area contributed by atoms with E-state index in [0.29, 0.717) is 5.56 Å². The predicted molar refractivity (Wildman–Crippen MR) is 71.3 cm³/mol. The molecule has 0 bridgehead atoms. The van der Waals surface area contributed by atoms with Gasteiger partial charge in [-0.25, -0.2) is 4.39 Å². The third-order valence-electron chi connectivity index (χ3n) is 2.97. The molecule has 1 aromatic carbocycles. The molecule has 1 aromatic rings. The molecule has 0 saturated heterocycles. The van der Waals surface area contributed by atoms with Crippen molar-refractivity contribution >= 4 is 0 Å². The van der Waals surface area contributed by atoms with E-state index < -0.39 is 0 Å². The van der Waals surface area contributed by atoms with Gasteiger partial charge in [0, 0.05) is 11.6 Å². The molecule has 1 rings (SSSR count). The Hall–Kier alpha value is -1.15. The molecular formula is C15H22FN. The molecule has 0 amide bonds. The van der Waals surface area contributed by atoms with Crippen LogP contribution in [0.1, 0.15) is 49.3 Å². The first-order chi connectivity index (χ1) is 8.15. The van der Waals surface area contributed by atoms with E-state index in [1.165, 1.54) is 6.07 Å². The highest BCUT2D eigenvalue weighted by Gasteiger charge is 2.10. The molecule has 1 unspecified atom stereocenters. The Kier molecular flexibility index (Phi) is 5.92. The summed E-state index contributed by atoms with van der Waals surface area (Å²) in [6.07, 6.45) is 7.15. The number of rotatable bonds is 7. The number of allylic oxidation sites excluding steroid dienone is 1. The van der Waals surface area contributed by atoms with Gasteiger partial charge >= 0.3 is 0 Å². The van der Waals surface area contributed by atoms with Crippen LogP contribution in [0.4, 0.5) is 4.39 Å². The standard InChI is InChI=1S/C15H22FN/c1-3-4-5-6-7-8-15(17)13-11-12(2)9-10-14(13)16/h3,9-11,15H,1,4-8,17H2,2H3. The van der Waals surface area contributed by atoms with E-state index in [4.69, 9.17) is 5.73 Å². The van der Waals surface area contributed by atoms with Gasteiger partial charge in [-0.2, -0.15) is 0 Å². The van der Waals surface area contributed by atoms with E-state index in [9.17, 15) is 4.39 Å². The Morgan fingerprint density at radius 3 is 2.82 bits per heavy atom. The second kappa shape index (κ2) is 7.23. The minimum atomic E-state index is -0.186. The van der Waals surface area contributed by atoms with Gasteiger partial charge in [0.2, 0.25) is 0 Å². The highest BCUT2D eigenvalue weighted by molar-refractivity contribution is 5.26. The number of unbranched alkanes of at least 4 members (excludes halogenated alkanes) is 3. The Bertz CT molecular complexity index is 360. The van der Waals surface area contributed by atoms with Crippen LogP contribution in [-0.2, 0) is 0 Å². The van der Waals surface area contributed by atoms with E-state index in [-0.39, 0.29) is 11.9 Å². The summed E-state index contributed by atoms with van der Waals surface area (Å²) in [6.45, 7) is 5.65. The molecular weight excluding hydrogens is 213 g/mol. The summed E-state index contributed by atoms with van der Waals surface area (Å²) in [6, 6.07) is 4.94. The van der Waals surface area contributed by atoms with Gasteiger partial charge in [-0.1, -0.05) is 36.6 Å². The second-order valence-corrected chi connectivity index (χ2v) is 4.56. The Morgan fingerprint density at radius 1 is 1.35 bits per heavy atom. The van der Waals surface area contributed by atoms with E-state index in [1.54, 1.807) is 6.07 Å². The lowest BCUT2D eigenvalue weighted by molar-refractivity contribution is 0.534. The third-order valence-corrected chi connectivity index (χ3v) is 2.97. The zero-order valence-electron chi connectivity index (χ0n) is 10.6. The Morgan fingerprint density at radius 2 is 2.12 bits per heavy atom. The van der Waals surface area contributed by atoms with Crippen LogP contribution in [0.3, 0.4) is 0 Å². The maximum Gasteiger partial charge on any atom is 0.127 e. The quantitative estimate of drug-likeness (QED) is 0.554. The smallest absolute Gasteiger partial charge is 0.127 e. The highest BCUT2D eigenvalue weighted by atomic mass is 19.1. The van der Waals surface area contributed by atoms with Gasteiger partial charge in [-0.3, -0.25) is 0 Å². The fraction of sp³-hybridized carbons (Fsp3) is 0.467. The van der Waals surface area contributed by atoms with Crippen molar-refractivity contribution in [2.45, 2.75) is 45.1 Å². The second-order valence-electron chi connectivity index (χ2n) is 4.56. The van der Waals surface area contributed by atoms with Crippen molar-refractivity contribution in [1.82, 2.24) is 0 Å². The lowest BCUT2D eigenvalue weighted by Crippen LogP contribution is -2.12. The highest BCUT2D eigenvalue weighted by Crippen LogP contribution is 2.21. The molecule has 94 valence electrons. The number of hydrogen-bond acceptors (Lipinski definition) is 1. The summed E-state index contributed by atoms with van der Waals surface area (Å²) in [7, 11) is 0. The SMILES string of the molecule is C=CCCCCCC(N)c1cc(C)ccc1F. The van der Waals surface area contributed by atoms with Crippen molar-refractivity contribution in [1.29, 1.82) is 0 Å². The van der Waals surface area contributed by atoms with Crippen molar-refractivity contribution in [2.24, 2.45) is 5.73 Å². The van der Waals surface area contributed by atoms with E-state index in [0.717, 1.165) is 37.7 Å². The van der Waals surface area contributed by atoms with Gasteiger partial charge in [0.1, 0.15) is 5.82 Å². The average molecular weight is 235 g/mol. The van der Waals surface area contributed by atoms with Crippen LogP contribution in [0.25, 0.3) is 0 Å². The summed E-state index contributed by atoms with van der Waals surface area (Å²) in [5, 5.41) is 0. The maximum absolute atomic E-state index is 13.6. The van der Waals surface area contributed by atoms with Crippen LogP contribution in [0.15, 0.2) is 30.9 Å². The van der Waals surface area contributed by atoms with Crippen molar-refractivity contribution in [2.75, 3.05) is 0 Å². The molecule has 2 N–H and O–H groups in total.